The number of pyridine rings is 1. The Morgan fingerprint density at radius 1 is 0.900 bits per heavy atom. The number of hydrogen-bond donors (Lipinski definition) is 5. The van der Waals surface area contributed by atoms with Crippen LogP contribution in [0.25, 0.3) is 11.3 Å². The summed E-state index contributed by atoms with van der Waals surface area (Å²) in [5.74, 6) is -2.61. The third-order valence-corrected chi connectivity index (χ3v) is 4.17. The van der Waals surface area contributed by atoms with Crippen molar-refractivity contribution in [3.63, 3.8) is 0 Å². The minimum absolute atomic E-state index is 0.353. The van der Waals surface area contributed by atoms with E-state index < -0.39 is 35.4 Å². The van der Waals surface area contributed by atoms with Crippen molar-refractivity contribution in [2.45, 2.75) is 32.9 Å². The molecule has 2 atom stereocenters. The minimum Gasteiger partial charge on any atom is -0.477 e. The van der Waals surface area contributed by atoms with Crippen molar-refractivity contribution < 1.29 is 24.3 Å². The van der Waals surface area contributed by atoms with Gasteiger partial charge in [-0.05, 0) is 43.7 Å². The summed E-state index contributed by atoms with van der Waals surface area (Å²) < 4.78 is 0. The van der Waals surface area contributed by atoms with Gasteiger partial charge in [-0.1, -0.05) is 12.1 Å². The number of carbonyl (C=O) groups excluding carboxylic acids is 3. The SMILES string of the molecule is CC(=O)N[C@@H](C)C(=O)N[C@@H](C)C(=O)Nc1ccc(-c2ccc(C(=O)O)c(=O)[nH]2)cc1. The van der Waals surface area contributed by atoms with Crippen molar-refractivity contribution in [1.29, 1.82) is 0 Å². The summed E-state index contributed by atoms with van der Waals surface area (Å²) >= 11 is 0. The maximum absolute atomic E-state index is 12.3. The average molecular weight is 414 g/mol. The quantitative estimate of drug-likeness (QED) is 0.449. The Balaban J connectivity index is 2.01. The molecule has 10 nitrogen and oxygen atoms in total. The van der Waals surface area contributed by atoms with Gasteiger partial charge in [0, 0.05) is 18.3 Å². The smallest absolute Gasteiger partial charge is 0.341 e. The Morgan fingerprint density at radius 3 is 2.03 bits per heavy atom. The number of hydrogen-bond acceptors (Lipinski definition) is 5. The Bertz CT molecular complexity index is 1030. The fourth-order valence-electron chi connectivity index (χ4n) is 2.57. The van der Waals surface area contributed by atoms with Gasteiger partial charge in [-0.2, -0.15) is 0 Å². The van der Waals surface area contributed by atoms with Gasteiger partial charge in [-0.25, -0.2) is 4.79 Å². The molecule has 2 rings (SSSR count). The summed E-state index contributed by atoms with van der Waals surface area (Å²) in [6.07, 6.45) is 0. The van der Waals surface area contributed by atoms with Gasteiger partial charge < -0.3 is 26.0 Å². The monoisotopic (exact) mass is 414 g/mol. The number of amides is 3. The highest BCUT2D eigenvalue weighted by molar-refractivity contribution is 5.98. The number of rotatable bonds is 7. The number of aromatic amines is 1. The van der Waals surface area contributed by atoms with Gasteiger partial charge in [0.05, 0.1) is 0 Å². The van der Waals surface area contributed by atoms with Gasteiger partial charge in [0.1, 0.15) is 17.6 Å². The Kier molecular flexibility index (Phi) is 7.08. The fraction of sp³-hybridized carbons (Fsp3) is 0.250. The first-order valence-electron chi connectivity index (χ1n) is 9.04. The Hall–Kier alpha value is -3.95. The maximum Gasteiger partial charge on any atom is 0.341 e. The van der Waals surface area contributed by atoms with E-state index in [-0.39, 0.29) is 11.5 Å². The highest BCUT2D eigenvalue weighted by atomic mass is 16.4. The zero-order valence-corrected chi connectivity index (χ0v) is 16.6. The molecule has 5 N–H and O–H groups in total. The van der Waals surface area contributed by atoms with Gasteiger partial charge in [0.2, 0.25) is 17.7 Å². The number of aromatic nitrogens is 1. The van der Waals surface area contributed by atoms with E-state index >= 15 is 0 Å². The van der Waals surface area contributed by atoms with Crippen LogP contribution in [-0.4, -0.2) is 45.9 Å². The molecule has 158 valence electrons. The summed E-state index contributed by atoms with van der Waals surface area (Å²) in [5.41, 5.74) is 0.439. The van der Waals surface area contributed by atoms with Gasteiger partial charge in [0.15, 0.2) is 0 Å². The summed E-state index contributed by atoms with van der Waals surface area (Å²) in [6, 6.07) is 7.58. The molecule has 0 radical (unpaired) electrons. The number of nitrogens with one attached hydrogen (secondary N) is 4. The lowest BCUT2D eigenvalue weighted by Gasteiger charge is -2.18. The minimum atomic E-state index is -1.31. The molecule has 0 aliphatic heterocycles. The van der Waals surface area contributed by atoms with Crippen LogP contribution in [0, 0.1) is 0 Å². The molecule has 3 amide bonds. The second kappa shape index (κ2) is 9.50. The van der Waals surface area contributed by atoms with E-state index in [0.717, 1.165) is 0 Å². The summed E-state index contributed by atoms with van der Waals surface area (Å²) in [5, 5.41) is 16.5. The molecule has 0 saturated heterocycles. The number of anilines is 1. The Labute approximate surface area is 171 Å². The topological polar surface area (TPSA) is 157 Å². The average Bonchev–Trinajstić information content (AvgIpc) is 2.67. The standard InChI is InChI=1S/C20H22N4O6/c1-10(21-12(3)25)17(26)22-11(2)18(27)23-14-6-4-13(5-7-14)16-9-8-15(20(29)30)19(28)24-16/h4-11H,1-3H3,(H,21,25)(H,22,26)(H,23,27)(H,24,28)(H,29,30)/t10-,11-/m0/s1. The van der Waals surface area contributed by atoms with Gasteiger partial charge in [-0.3, -0.25) is 19.2 Å². The van der Waals surface area contributed by atoms with Crippen molar-refractivity contribution in [2.75, 3.05) is 5.32 Å². The molecule has 30 heavy (non-hydrogen) atoms. The molecular weight excluding hydrogens is 392 g/mol. The number of carboxylic acids is 1. The largest absolute Gasteiger partial charge is 0.477 e. The van der Waals surface area contributed by atoms with E-state index in [4.69, 9.17) is 5.11 Å². The molecule has 10 heteroatoms. The van der Waals surface area contributed by atoms with Crippen LogP contribution in [0.2, 0.25) is 0 Å². The van der Waals surface area contributed by atoms with Gasteiger partial charge >= 0.3 is 5.97 Å². The Morgan fingerprint density at radius 2 is 1.50 bits per heavy atom. The van der Waals surface area contributed by atoms with Gasteiger partial charge in [-0.15, -0.1) is 0 Å². The molecule has 0 fully saturated rings. The zero-order chi connectivity index (χ0) is 22.4. The van der Waals surface area contributed by atoms with Crippen molar-refractivity contribution in [2.24, 2.45) is 0 Å². The van der Waals surface area contributed by atoms with E-state index in [0.29, 0.717) is 16.9 Å². The lowest BCUT2D eigenvalue weighted by Crippen LogP contribution is -2.50. The van der Waals surface area contributed by atoms with Gasteiger partial charge in [0.25, 0.3) is 5.56 Å². The lowest BCUT2D eigenvalue weighted by molar-refractivity contribution is -0.129. The highest BCUT2D eigenvalue weighted by Crippen LogP contribution is 2.19. The molecule has 0 aliphatic carbocycles. The number of carbonyl (C=O) groups is 4. The first kappa shape index (κ1) is 22.3. The van der Waals surface area contributed by atoms with Crippen molar-refractivity contribution in [3.05, 3.63) is 52.3 Å². The molecule has 2 aromatic rings. The van der Waals surface area contributed by atoms with E-state index in [2.05, 4.69) is 20.9 Å². The summed E-state index contributed by atoms with van der Waals surface area (Å²) in [7, 11) is 0. The van der Waals surface area contributed by atoms with E-state index in [9.17, 15) is 24.0 Å². The molecular formula is C20H22N4O6. The predicted octanol–water partition coefficient (Wildman–Crippen LogP) is 0.708. The highest BCUT2D eigenvalue weighted by Gasteiger charge is 2.20. The lowest BCUT2D eigenvalue weighted by atomic mass is 10.1. The first-order chi connectivity index (χ1) is 14.1. The van der Waals surface area contributed by atoms with Crippen LogP contribution in [-0.2, 0) is 14.4 Å². The van der Waals surface area contributed by atoms with Crippen LogP contribution in [0.15, 0.2) is 41.2 Å². The summed E-state index contributed by atoms with van der Waals surface area (Å²) in [4.78, 5) is 60.4. The van der Waals surface area contributed by atoms with E-state index in [1.54, 1.807) is 24.3 Å². The van der Waals surface area contributed by atoms with Crippen LogP contribution in [0.5, 0.6) is 0 Å². The van der Waals surface area contributed by atoms with Crippen LogP contribution >= 0.6 is 0 Å². The molecule has 0 saturated carbocycles. The third-order valence-electron chi connectivity index (χ3n) is 4.17. The van der Waals surface area contributed by atoms with Crippen LogP contribution < -0.4 is 21.5 Å². The number of carboxylic acid groups (broad SMARTS) is 1. The predicted molar refractivity (Wildman–Crippen MR) is 109 cm³/mol. The second-order valence-corrected chi connectivity index (χ2v) is 6.64. The molecule has 1 heterocycles. The van der Waals surface area contributed by atoms with Crippen LogP contribution in [0.3, 0.4) is 0 Å². The molecule has 0 spiro atoms. The number of benzene rings is 1. The fourth-order valence-corrected chi connectivity index (χ4v) is 2.57. The molecule has 1 aromatic carbocycles. The van der Waals surface area contributed by atoms with E-state index in [1.165, 1.54) is 32.9 Å². The van der Waals surface area contributed by atoms with E-state index in [1.807, 2.05) is 0 Å². The van der Waals surface area contributed by atoms with Crippen molar-refractivity contribution >= 4 is 29.4 Å². The third kappa shape index (κ3) is 5.77. The number of H-pyrrole nitrogens is 1. The molecule has 0 bridgehead atoms. The normalized spacial score (nSPS) is 12.4. The molecule has 0 unspecified atom stereocenters. The zero-order valence-electron chi connectivity index (χ0n) is 16.6. The van der Waals surface area contributed by atoms with Crippen molar-refractivity contribution in [1.82, 2.24) is 15.6 Å². The maximum atomic E-state index is 12.3. The first-order valence-corrected chi connectivity index (χ1v) is 9.04. The second-order valence-electron chi connectivity index (χ2n) is 6.64. The molecule has 1 aromatic heterocycles. The number of aromatic carboxylic acids is 1. The summed E-state index contributed by atoms with van der Waals surface area (Å²) in [6.45, 7) is 4.31. The van der Waals surface area contributed by atoms with Crippen LogP contribution in [0.4, 0.5) is 5.69 Å². The van der Waals surface area contributed by atoms with Crippen molar-refractivity contribution in [3.8, 4) is 11.3 Å². The van der Waals surface area contributed by atoms with Crippen LogP contribution in [0.1, 0.15) is 31.1 Å². The molecule has 0 aliphatic rings.